The molecular weight excluding hydrogens is 343 g/mol. The van der Waals surface area contributed by atoms with Gasteiger partial charge in [0.25, 0.3) is 5.56 Å². The summed E-state index contributed by atoms with van der Waals surface area (Å²) in [5.41, 5.74) is -0.180. The highest BCUT2D eigenvalue weighted by atomic mass is 19.4. The molecule has 0 spiro atoms. The van der Waals surface area contributed by atoms with Crippen LogP contribution in [-0.4, -0.2) is 21.9 Å². The molecule has 0 amide bonds. The van der Waals surface area contributed by atoms with Crippen LogP contribution in [0.2, 0.25) is 0 Å². The highest BCUT2D eigenvalue weighted by Gasteiger charge is 2.33. The summed E-state index contributed by atoms with van der Waals surface area (Å²) in [6.45, 7) is 1.87. The molecule has 0 aliphatic rings. The molecule has 3 rings (SSSR count). The molecule has 0 fully saturated rings. The number of halogens is 3. The van der Waals surface area contributed by atoms with E-state index in [9.17, 15) is 18.0 Å². The molecule has 26 heavy (non-hydrogen) atoms. The van der Waals surface area contributed by atoms with Gasteiger partial charge in [-0.25, -0.2) is 4.98 Å². The highest BCUT2D eigenvalue weighted by Crippen LogP contribution is 2.33. The third kappa shape index (κ3) is 3.62. The maximum Gasteiger partial charge on any atom is 0.416 e. The van der Waals surface area contributed by atoms with Crippen molar-refractivity contribution in [2.24, 2.45) is 0 Å². The molecule has 1 atom stereocenters. The minimum atomic E-state index is -4.41. The van der Waals surface area contributed by atoms with Gasteiger partial charge in [-0.1, -0.05) is 30.3 Å². The Morgan fingerprint density at radius 3 is 2.50 bits per heavy atom. The van der Waals surface area contributed by atoms with Gasteiger partial charge in [-0.15, -0.1) is 0 Å². The minimum absolute atomic E-state index is 0.0768. The number of aromatic nitrogens is 2. The van der Waals surface area contributed by atoms with Crippen LogP contribution in [0.4, 0.5) is 13.2 Å². The van der Waals surface area contributed by atoms with Crippen molar-refractivity contribution in [3.8, 4) is 0 Å². The maximum absolute atomic E-state index is 13.2. The number of rotatable bonds is 4. The molecule has 4 nitrogen and oxygen atoms in total. The van der Waals surface area contributed by atoms with E-state index < -0.39 is 11.7 Å². The number of hydrogen-bond acceptors (Lipinski definition) is 3. The predicted molar refractivity (Wildman–Crippen MR) is 93.7 cm³/mol. The summed E-state index contributed by atoms with van der Waals surface area (Å²) in [5.74, 6) is 0.417. The van der Waals surface area contributed by atoms with E-state index in [2.05, 4.69) is 9.97 Å². The smallest absolute Gasteiger partial charge is 0.309 e. The van der Waals surface area contributed by atoms with Crippen LogP contribution >= 0.6 is 0 Å². The van der Waals surface area contributed by atoms with E-state index in [0.29, 0.717) is 16.7 Å². The summed E-state index contributed by atoms with van der Waals surface area (Å²) in [7, 11) is 1.70. The first-order chi connectivity index (χ1) is 12.3. The predicted octanol–water partition coefficient (Wildman–Crippen LogP) is 4.13. The van der Waals surface area contributed by atoms with Crippen LogP contribution < -0.4 is 5.56 Å². The van der Waals surface area contributed by atoms with Crippen LogP contribution in [0.5, 0.6) is 0 Å². The zero-order valence-electron chi connectivity index (χ0n) is 14.3. The topological polar surface area (TPSA) is 49.0 Å². The van der Waals surface area contributed by atoms with E-state index in [1.54, 1.807) is 49.2 Å². The fourth-order valence-electron chi connectivity index (χ4n) is 2.85. The average Bonchev–Trinajstić information content (AvgIpc) is 2.60. The summed E-state index contributed by atoms with van der Waals surface area (Å²) in [4.78, 5) is 21.1. The summed E-state index contributed by atoms with van der Waals surface area (Å²) < 4.78 is 39.5. The lowest BCUT2D eigenvalue weighted by Crippen LogP contribution is -2.27. The van der Waals surface area contributed by atoms with Crippen molar-refractivity contribution >= 4 is 10.9 Å². The van der Waals surface area contributed by atoms with Gasteiger partial charge in [0.2, 0.25) is 0 Å². The lowest BCUT2D eigenvalue weighted by Gasteiger charge is -2.25. The number of alkyl halides is 3. The average molecular weight is 361 g/mol. The molecule has 0 radical (unpaired) electrons. The molecule has 1 aromatic heterocycles. The molecule has 1 unspecified atom stereocenters. The lowest BCUT2D eigenvalue weighted by molar-refractivity contribution is -0.138. The van der Waals surface area contributed by atoms with Gasteiger partial charge in [0.05, 0.1) is 22.5 Å². The highest BCUT2D eigenvalue weighted by molar-refractivity contribution is 5.77. The Labute approximate surface area is 148 Å². The van der Waals surface area contributed by atoms with Crippen molar-refractivity contribution in [3.05, 3.63) is 75.8 Å². The van der Waals surface area contributed by atoms with Crippen molar-refractivity contribution in [2.45, 2.75) is 25.7 Å². The van der Waals surface area contributed by atoms with Gasteiger partial charge < -0.3 is 4.98 Å². The third-order valence-corrected chi connectivity index (χ3v) is 4.43. The fourth-order valence-corrected chi connectivity index (χ4v) is 2.85. The first-order valence-corrected chi connectivity index (χ1v) is 8.11. The van der Waals surface area contributed by atoms with Gasteiger partial charge in [-0.05, 0) is 37.7 Å². The molecule has 136 valence electrons. The SMILES string of the molecule is CC(c1nc2ccccc2c(=O)[nH]1)N(C)Cc1ccccc1C(F)(F)F. The fraction of sp³-hybridized carbons (Fsp3) is 0.263. The number of nitrogens with one attached hydrogen (secondary N) is 1. The number of hydrogen-bond donors (Lipinski definition) is 1. The molecule has 3 aromatic rings. The Kier molecular flexibility index (Phi) is 4.82. The molecule has 0 saturated carbocycles. The first kappa shape index (κ1) is 18.1. The Morgan fingerprint density at radius 2 is 1.77 bits per heavy atom. The molecule has 0 aliphatic carbocycles. The van der Waals surface area contributed by atoms with Gasteiger partial charge in [0.1, 0.15) is 5.82 Å². The van der Waals surface area contributed by atoms with Crippen LogP contribution in [0.25, 0.3) is 10.9 Å². The van der Waals surface area contributed by atoms with Gasteiger partial charge in [-0.3, -0.25) is 9.69 Å². The monoisotopic (exact) mass is 361 g/mol. The number of para-hydroxylation sites is 1. The van der Waals surface area contributed by atoms with Crippen molar-refractivity contribution in [3.63, 3.8) is 0 Å². The molecule has 0 bridgehead atoms. The van der Waals surface area contributed by atoms with Gasteiger partial charge >= 0.3 is 6.18 Å². The molecule has 0 saturated heterocycles. The lowest BCUT2D eigenvalue weighted by atomic mass is 10.1. The summed E-state index contributed by atoms with van der Waals surface area (Å²) >= 11 is 0. The maximum atomic E-state index is 13.2. The van der Waals surface area contributed by atoms with Crippen molar-refractivity contribution < 1.29 is 13.2 Å². The molecule has 1 N–H and O–H groups in total. The second kappa shape index (κ2) is 6.92. The van der Waals surface area contributed by atoms with Crippen LogP contribution in [-0.2, 0) is 12.7 Å². The summed E-state index contributed by atoms with van der Waals surface area (Å²) in [6, 6.07) is 12.1. The van der Waals surface area contributed by atoms with Crippen molar-refractivity contribution in [2.75, 3.05) is 7.05 Å². The zero-order chi connectivity index (χ0) is 18.9. The molecule has 1 heterocycles. The largest absolute Gasteiger partial charge is 0.416 e. The normalized spacial score (nSPS) is 13.3. The van der Waals surface area contributed by atoms with Gasteiger partial charge in [-0.2, -0.15) is 13.2 Å². The number of aromatic amines is 1. The molecule has 0 aliphatic heterocycles. The van der Waals surface area contributed by atoms with E-state index in [4.69, 9.17) is 0 Å². The molecule has 7 heteroatoms. The van der Waals surface area contributed by atoms with Gasteiger partial charge in [0, 0.05) is 6.54 Å². The number of H-pyrrole nitrogens is 1. The van der Waals surface area contributed by atoms with Gasteiger partial charge in [0.15, 0.2) is 0 Å². The second-order valence-electron chi connectivity index (χ2n) is 6.21. The number of benzene rings is 2. The zero-order valence-corrected chi connectivity index (χ0v) is 14.3. The molecular formula is C19H18F3N3O. The van der Waals surface area contributed by atoms with E-state index in [1.807, 2.05) is 0 Å². The molecule has 2 aromatic carbocycles. The Morgan fingerprint density at radius 1 is 1.12 bits per heavy atom. The Balaban J connectivity index is 1.90. The van der Waals surface area contributed by atoms with E-state index in [1.165, 1.54) is 12.1 Å². The van der Waals surface area contributed by atoms with Crippen LogP contribution in [0.1, 0.15) is 29.9 Å². The number of fused-ring (bicyclic) bond motifs is 1. The van der Waals surface area contributed by atoms with E-state index in [-0.39, 0.29) is 23.7 Å². The van der Waals surface area contributed by atoms with Crippen LogP contribution in [0.15, 0.2) is 53.3 Å². The van der Waals surface area contributed by atoms with Crippen molar-refractivity contribution in [1.82, 2.24) is 14.9 Å². The Hall–Kier alpha value is -2.67. The first-order valence-electron chi connectivity index (χ1n) is 8.11. The van der Waals surface area contributed by atoms with E-state index in [0.717, 1.165) is 6.07 Å². The minimum Gasteiger partial charge on any atom is -0.309 e. The number of nitrogens with zero attached hydrogens (tertiary/aromatic N) is 2. The van der Waals surface area contributed by atoms with Crippen LogP contribution in [0.3, 0.4) is 0 Å². The van der Waals surface area contributed by atoms with E-state index >= 15 is 0 Å². The standard InChI is InChI=1S/C19H18F3N3O/c1-12(17-23-16-10-6-4-8-14(16)18(26)24-17)25(2)11-13-7-3-5-9-15(13)19(20,21)22/h3-10,12H,11H2,1-2H3,(H,23,24,26). The quantitative estimate of drug-likeness (QED) is 0.760. The van der Waals surface area contributed by atoms with Crippen molar-refractivity contribution in [1.29, 1.82) is 0 Å². The second-order valence-corrected chi connectivity index (χ2v) is 6.21. The summed E-state index contributed by atoms with van der Waals surface area (Å²) in [5, 5.41) is 0.480. The third-order valence-electron chi connectivity index (χ3n) is 4.43. The van der Waals surface area contributed by atoms with Crippen LogP contribution in [0, 0.1) is 0 Å². The Bertz CT molecular complexity index is 981. The summed E-state index contributed by atoms with van der Waals surface area (Å²) in [6.07, 6.45) is -4.41.